The normalized spacial score (nSPS) is 12.0. The second kappa shape index (κ2) is 8.59. The summed E-state index contributed by atoms with van der Waals surface area (Å²) in [6.07, 6.45) is 0. The lowest BCUT2D eigenvalue weighted by Crippen LogP contribution is -2.34. The highest BCUT2D eigenvalue weighted by Crippen LogP contribution is 2.28. The number of likely N-dealkylation sites (N-methyl/N-ethyl adjacent to an activating group) is 1. The van der Waals surface area contributed by atoms with Crippen LogP contribution in [0.25, 0.3) is 0 Å². The summed E-state index contributed by atoms with van der Waals surface area (Å²) in [7, 11) is 3.89. The van der Waals surface area contributed by atoms with Gasteiger partial charge in [0.05, 0.1) is 17.6 Å². The Kier molecular flexibility index (Phi) is 6.49. The Morgan fingerprint density at radius 1 is 1.40 bits per heavy atom. The largest absolute Gasteiger partial charge is 0.487 e. The molecule has 7 nitrogen and oxygen atoms in total. The number of nitro benzene ring substituents is 1. The van der Waals surface area contributed by atoms with Gasteiger partial charge in [-0.05, 0) is 44.6 Å². The highest BCUT2D eigenvalue weighted by Gasteiger charge is 2.20. The van der Waals surface area contributed by atoms with Crippen molar-refractivity contribution < 1.29 is 14.5 Å². The summed E-state index contributed by atoms with van der Waals surface area (Å²) in [5.41, 5.74) is 0.0238. The molecule has 0 spiro atoms. The second-order valence-corrected chi connectivity index (χ2v) is 6.56. The van der Waals surface area contributed by atoms with Crippen molar-refractivity contribution in [2.24, 2.45) is 0 Å². The maximum Gasteiger partial charge on any atom is 0.311 e. The van der Waals surface area contributed by atoms with Crippen LogP contribution in [0, 0.1) is 10.1 Å². The number of benzene rings is 1. The predicted octanol–water partition coefficient (Wildman–Crippen LogP) is 3.09. The van der Waals surface area contributed by atoms with Gasteiger partial charge in [0, 0.05) is 23.1 Å². The number of rotatable bonds is 8. The molecule has 0 aliphatic carbocycles. The third-order valence-electron chi connectivity index (χ3n) is 3.67. The van der Waals surface area contributed by atoms with Crippen molar-refractivity contribution in [1.29, 1.82) is 0 Å². The van der Waals surface area contributed by atoms with Crippen LogP contribution in [-0.4, -0.2) is 43.0 Å². The summed E-state index contributed by atoms with van der Waals surface area (Å²) in [5.74, 6) is -0.191. The zero-order valence-electron chi connectivity index (χ0n) is 14.4. The minimum Gasteiger partial charge on any atom is -0.487 e. The maximum absolute atomic E-state index is 12.4. The molecule has 0 aliphatic rings. The smallest absolute Gasteiger partial charge is 0.311 e. The van der Waals surface area contributed by atoms with Crippen LogP contribution >= 0.6 is 11.3 Å². The molecule has 0 saturated heterocycles. The lowest BCUT2D eigenvalue weighted by Gasteiger charge is -2.23. The standard InChI is InChI=1S/C17H21N3O4S/c1-4-24-15-8-7-12(10-13(15)20(22)23)17(21)18-11-14(19(2)3)16-6-5-9-25-16/h5-10,14H,4,11H2,1-3H3,(H,18,21). The molecule has 1 heterocycles. The number of amides is 1. The molecule has 2 rings (SSSR count). The quantitative estimate of drug-likeness (QED) is 0.575. The van der Waals surface area contributed by atoms with Crippen molar-refractivity contribution in [1.82, 2.24) is 10.2 Å². The fourth-order valence-corrected chi connectivity index (χ4v) is 3.31. The van der Waals surface area contributed by atoms with Crippen LogP contribution in [0.4, 0.5) is 5.69 Å². The molecule has 8 heteroatoms. The summed E-state index contributed by atoms with van der Waals surface area (Å²) in [4.78, 5) is 26.2. The number of carbonyl (C=O) groups excluding carboxylic acids is 1. The summed E-state index contributed by atoms with van der Waals surface area (Å²) < 4.78 is 5.23. The van der Waals surface area contributed by atoms with Crippen LogP contribution in [0.15, 0.2) is 35.7 Å². The van der Waals surface area contributed by atoms with Crippen LogP contribution in [0.1, 0.15) is 28.2 Å². The highest BCUT2D eigenvalue weighted by molar-refractivity contribution is 7.10. The molecule has 1 amide bonds. The SMILES string of the molecule is CCOc1ccc(C(=O)NCC(c2cccs2)N(C)C)cc1[N+](=O)[O-]. The van der Waals surface area contributed by atoms with Gasteiger partial charge in [0.25, 0.3) is 5.91 Å². The number of hydrogen-bond acceptors (Lipinski definition) is 6. The molecule has 25 heavy (non-hydrogen) atoms. The molecule has 1 N–H and O–H groups in total. The lowest BCUT2D eigenvalue weighted by atomic mass is 10.1. The van der Waals surface area contributed by atoms with Crippen molar-refractivity contribution in [3.05, 3.63) is 56.3 Å². The average Bonchev–Trinajstić information content (AvgIpc) is 3.09. The predicted molar refractivity (Wildman–Crippen MR) is 97.3 cm³/mol. The van der Waals surface area contributed by atoms with Crippen LogP contribution in [0.5, 0.6) is 5.75 Å². The number of nitrogens with one attached hydrogen (secondary N) is 1. The number of nitro groups is 1. The topological polar surface area (TPSA) is 84.7 Å². The Morgan fingerprint density at radius 3 is 2.72 bits per heavy atom. The summed E-state index contributed by atoms with van der Waals surface area (Å²) in [6, 6.07) is 8.26. The Bertz CT molecular complexity index is 731. The first-order valence-corrected chi connectivity index (χ1v) is 8.71. The van der Waals surface area contributed by atoms with Gasteiger partial charge in [-0.3, -0.25) is 14.9 Å². The Hall–Kier alpha value is -2.45. The Labute approximate surface area is 150 Å². The molecule has 0 saturated carbocycles. The monoisotopic (exact) mass is 363 g/mol. The van der Waals surface area contributed by atoms with E-state index in [1.165, 1.54) is 18.2 Å². The van der Waals surface area contributed by atoms with E-state index in [9.17, 15) is 14.9 Å². The molecule has 134 valence electrons. The highest BCUT2D eigenvalue weighted by atomic mass is 32.1. The summed E-state index contributed by atoms with van der Waals surface area (Å²) in [6.45, 7) is 2.47. The first-order valence-electron chi connectivity index (χ1n) is 7.83. The van der Waals surface area contributed by atoms with Crippen molar-refractivity contribution in [2.75, 3.05) is 27.2 Å². The minimum atomic E-state index is -0.546. The van der Waals surface area contributed by atoms with Gasteiger partial charge in [0.2, 0.25) is 0 Å². The van der Waals surface area contributed by atoms with E-state index < -0.39 is 4.92 Å². The zero-order valence-corrected chi connectivity index (χ0v) is 15.2. The molecule has 1 aromatic heterocycles. The van der Waals surface area contributed by atoms with E-state index in [1.807, 2.05) is 36.5 Å². The van der Waals surface area contributed by atoms with E-state index in [0.717, 1.165) is 4.88 Å². The Balaban J connectivity index is 2.12. The van der Waals surface area contributed by atoms with Gasteiger partial charge in [-0.15, -0.1) is 11.3 Å². The molecule has 1 atom stereocenters. The van der Waals surface area contributed by atoms with E-state index >= 15 is 0 Å². The van der Waals surface area contributed by atoms with Crippen LogP contribution in [0.3, 0.4) is 0 Å². The van der Waals surface area contributed by atoms with Gasteiger partial charge in [-0.2, -0.15) is 0 Å². The van der Waals surface area contributed by atoms with E-state index in [0.29, 0.717) is 13.2 Å². The van der Waals surface area contributed by atoms with Crippen LogP contribution in [0.2, 0.25) is 0 Å². The summed E-state index contributed by atoms with van der Waals surface area (Å²) >= 11 is 1.62. The average molecular weight is 363 g/mol. The molecule has 0 radical (unpaired) electrons. The number of carbonyl (C=O) groups is 1. The van der Waals surface area contributed by atoms with Gasteiger partial charge < -0.3 is 15.0 Å². The molecule has 1 aromatic carbocycles. The van der Waals surface area contributed by atoms with Crippen LogP contribution in [-0.2, 0) is 0 Å². The molecular formula is C17H21N3O4S. The Morgan fingerprint density at radius 2 is 2.16 bits per heavy atom. The van der Waals surface area contributed by atoms with Crippen molar-refractivity contribution >= 4 is 22.9 Å². The van der Waals surface area contributed by atoms with Gasteiger partial charge >= 0.3 is 5.69 Å². The van der Waals surface area contributed by atoms with E-state index in [2.05, 4.69) is 5.32 Å². The molecule has 1 unspecified atom stereocenters. The van der Waals surface area contributed by atoms with Gasteiger partial charge in [0.1, 0.15) is 0 Å². The molecule has 0 fully saturated rings. The maximum atomic E-state index is 12.4. The third kappa shape index (κ3) is 4.77. The second-order valence-electron chi connectivity index (χ2n) is 5.58. The van der Waals surface area contributed by atoms with E-state index in [1.54, 1.807) is 18.3 Å². The first kappa shape index (κ1) is 18.9. The number of hydrogen-bond donors (Lipinski definition) is 1. The number of nitrogens with zero attached hydrogens (tertiary/aromatic N) is 2. The fourth-order valence-electron chi connectivity index (χ4n) is 2.39. The van der Waals surface area contributed by atoms with Crippen LogP contribution < -0.4 is 10.1 Å². The first-order chi connectivity index (χ1) is 11.9. The molecule has 2 aromatic rings. The van der Waals surface area contributed by atoms with Crippen molar-refractivity contribution in [3.8, 4) is 5.75 Å². The minimum absolute atomic E-state index is 0.0432. The van der Waals surface area contributed by atoms with E-state index in [-0.39, 0.29) is 28.9 Å². The summed E-state index contributed by atoms with van der Waals surface area (Å²) in [5, 5.41) is 16.0. The number of thiophene rings is 1. The van der Waals surface area contributed by atoms with Gasteiger partial charge in [0.15, 0.2) is 5.75 Å². The fraction of sp³-hybridized carbons (Fsp3) is 0.353. The van der Waals surface area contributed by atoms with E-state index in [4.69, 9.17) is 4.74 Å². The van der Waals surface area contributed by atoms with Gasteiger partial charge in [-0.25, -0.2) is 0 Å². The van der Waals surface area contributed by atoms with Crippen molar-refractivity contribution in [2.45, 2.75) is 13.0 Å². The van der Waals surface area contributed by atoms with Gasteiger partial charge in [-0.1, -0.05) is 6.07 Å². The molecular weight excluding hydrogens is 342 g/mol. The lowest BCUT2D eigenvalue weighted by molar-refractivity contribution is -0.385. The number of ether oxygens (including phenoxy) is 1. The molecule has 0 aliphatic heterocycles. The van der Waals surface area contributed by atoms with Crippen molar-refractivity contribution in [3.63, 3.8) is 0 Å². The zero-order chi connectivity index (χ0) is 18.4. The molecule has 0 bridgehead atoms. The third-order valence-corrected chi connectivity index (χ3v) is 4.64.